The Morgan fingerprint density at radius 1 is 1.11 bits per heavy atom. The van der Waals surface area contributed by atoms with Crippen molar-refractivity contribution in [2.75, 3.05) is 0 Å². The molecular weight excluding hydrogens is 296 g/mol. The van der Waals surface area contributed by atoms with E-state index in [1.165, 1.54) is 0 Å². The first kappa shape index (κ1) is 16.1. The molecular formula is C11H10ClF6N. The Kier molecular flexibility index (Phi) is 4.73. The monoisotopic (exact) mass is 305 g/mol. The maximum Gasteiger partial charge on any atom is 0.417 e. The van der Waals surface area contributed by atoms with Gasteiger partial charge in [0, 0.05) is 12.5 Å². The van der Waals surface area contributed by atoms with Gasteiger partial charge in [0.2, 0.25) is 0 Å². The third-order valence-corrected chi connectivity index (χ3v) is 2.78. The molecule has 1 atom stereocenters. The average molecular weight is 306 g/mol. The summed E-state index contributed by atoms with van der Waals surface area (Å²) in [6.45, 7) is 0. The second-order valence-corrected chi connectivity index (χ2v) is 4.40. The van der Waals surface area contributed by atoms with Crippen LogP contribution < -0.4 is 5.73 Å². The Hall–Kier alpha value is -0.950. The van der Waals surface area contributed by atoms with Crippen molar-refractivity contribution in [2.24, 2.45) is 5.73 Å². The molecule has 0 aliphatic heterocycles. The lowest BCUT2D eigenvalue weighted by atomic mass is 10.0. The normalized spacial score (nSPS) is 14.5. The van der Waals surface area contributed by atoms with Crippen LogP contribution in [0.4, 0.5) is 26.3 Å². The zero-order chi connectivity index (χ0) is 14.8. The molecule has 0 aliphatic rings. The SMILES string of the molecule is N[C@H](CCC(F)(F)F)c1ccc(C(F)(F)F)c(Cl)c1. The molecule has 0 aliphatic carbocycles. The van der Waals surface area contributed by atoms with E-state index >= 15 is 0 Å². The standard InChI is InChI=1S/C11H10ClF6N/c12-8-5-6(1-2-7(8)11(16,17)18)9(19)3-4-10(13,14)15/h1-2,5,9H,3-4,19H2/t9-/m1/s1. The Balaban J connectivity index is 2.83. The molecule has 0 amide bonds. The first-order chi connectivity index (χ1) is 8.50. The summed E-state index contributed by atoms with van der Waals surface area (Å²) in [4.78, 5) is 0. The van der Waals surface area contributed by atoms with Crippen molar-refractivity contribution < 1.29 is 26.3 Å². The van der Waals surface area contributed by atoms with Crippen LogP contribution in [0, 0.1) is 0 Å². The van der Waals surface area contributed by atoms with Crippen LogP contribution in [-0.4, -0.2) is 6.18 Å². The highest BCUT2D eigenvalue weighted by Gasteiger charge is 2.33. The lowest BCUT2D eigenvalue weighted by molar-refractivity contribution is -0.137. The van der Waals surface area contributed by atoms with Crippen LogP contribution in [-0.2, 0) is 6.18 Å². The van der Waals surface area contributed by atoms with E-state index in [0.29, 0.717) is 6.07 Å². The van der Waals surface area contributed by atoms with Gasteiger partial charge in [-0.15, -0.1) is 0 Å². The fourth-order valence-corrected chi connectivity index (χ4v) is 1.77. The molecule has 0 saturated heterocycles. The number of halogens is 7. The van der Waals surface area contributed by atoms with Crippen LogP contribution in [0.25, 0.3) is 0 Å². The summed E-state index contributed by atoms with van der Waals surface area (Å²) in [6.07, 6.45) is -10.5. The van der Waals surface area contributed by atoms with Crippen LogP contribution >= 0.6 is 11.6 Å². The van der Waals surface area contributed by atoms with Gasteiger partial charge >= 0.3 is 12.4 Å². The van der Waals surface area contributed by atoms with Crippen molar-refractivity contribution in [3.05, 3.63) is 34.3 Å². The zero-order valence-corrected chi connectivity index (χ0v) is 10.2. The van der Waals surface area contributed by atoms with Gasteiger partial charge in [0.05, 0.1) is 10.6 Å². The molecule has 1 rings (SSSR count). The van der Waals surface area contributed by atoms with Crippen molar-refractivity contribution >= 4 is 11.6 Å². The van der Waals surface area contributed by atoms with Gasteiger partial charge in [0.1, 0.15) is 0 Å². The summed E-state index contributed by atoms with van der Waals surface area (Å²) in [6, 6.07) is 1.69. The average Bonchev–Trinajstić information content (AvgIpc) is 2.22. The largest absolute Gasteiger partial charge is 0.417 e. The Morgan fingerprint density at radius 2 is 1.68 bits per heavy atom. The smallest absolute Gasteiger partial charge is 0.324 e. The molecule has 0 aromatic heterocycles. The van der Waals surface area contributed by atoms with Crippen molar-refractivity contribution in [3.63, 3.8) is 0 Å². The summed E-state index contributed by atoms with van der Waals surface area (Å²) < 4.78 is 73.3. The number of nitrogens with two attached hydrogens (primary N) is 1. The summed E-state index contributed by atoms with van der Waals surface area (Å²) >= 11 is 5.45. The van der Waals surface area contributed by atoms with Gasteiger partial charge in [-0.05, 0) is 24.1 Å². The van der Waals surface area contributed by atoms with Crippen LogP contribution in [0.15, 0.2) is 18.2 Å². The van der Waals surface area contributed by atoms with Gasteiger partial charge in [0.25, 0.3) is 0 Å². The maximum atomic E-state index is 12.4. The molecule has 1 aromatic carbocycles. The zero-order valence-electron chi connectivity index (χ0n) is 9.45. The number of alkyl halides is 6. The van der Waals surface area contributed by atoms with Gasteiger partial charge in [-0.25, -0.2) is 0 Å². The van der Waals surface area contributed by atoms with Crippen molar-refractivity contribution in [3.8, 4) is 0 Å². The highest BCUT2D eigenvalue weighted by atomic mass is 35.5. The van der Waals surface area contributed by atoms with Crippen LogP contribution in [0.2, 0.25) is 5.02 Å². The molecule has 19 heavy (non-hydrogen) atoms. The lowest BCUT2D eigenvalue weighted by Crippen LogP contribution is -2.16. The lowest BCUT2D eigenvalue weighted by Gasteiger charge is -2.16. The van der Waals surface area contributed by atoms with E-state index in [-0.39, 0.29) is 5.56 Å². The van der Waals surface area contributed by atoms with Crippen LogP contribution in [0.1, 0.15) is 30.0 Å². The highest BCUT2D eigenvalue weighted by molar-refractivity contribution is 6.31. The molecule has 0 fully saturated rings. The van der Waals surface area contributed by atoms with Gasteiger partial charge in [-0.3, -0.25) is 0 Å². The molecule has 0 saturated carbocycles. The molecule has 0 heterocycles. The fourth-order valence-electron chi connectivity index (χ4n) is 1.48. The third-order valence-electron chi connectivity index (χ3n) is 2.47. The van der Waals surface area contributed by atoms with Gasteiger partial charge in [-0.2, -0.15) is 26.3 Å². The van der Waals surface area contributed by atoms with Crippen molar-refractivity contribution in [2.45, 2.75) is 31.2 Å². The number of hydrogen-bond acceptors (Lipinski definition) is 1. The molecule has 0 unspecified atom stereocenters. The predicted octanol–water partition coefficient (Wildman–Crippen LogP) is 4.70. The highest BCUT2D eigenvalue weighted by Crippen LogP contribution is 2.36. The summed E-state index contributed by atoms with van der Waals surface area (Å²) in [7, 11) is 0. The second kappa shape index (κ2) is 5.58. The number of rotatable bonds is 3. The Morgan fingerprint density at radius 3 is 2.11 bits per heavy atom. The van der Waals surface area contributed by atoms with E-state index in [1.807, 2.05) is 0 Å². The van der Waals surface area contributed by atoms with Gasteiger partial charge in [0.15, 0.2) is 0 Å². The number of hydrogen-bond donors (Lipinski definition) is 1. The first-order valence-corrected chi connectivity index (χ1v) is 5.57. The molecule has 1 nitrogen and oxygen atoms in total. The third kappa shape index (κ3) is 4.91. The van der Waals surface area contributed by atoms with E-state index in [0.717, 1.165) is 12.1 Å². The fraction of sp³-hybridized carbons (Fsp3) is 0.455. The molecule has 2 N–H and O–H groups in total. The quantitative estimate of drug-likeness (QED) is 0.805. The summed E-state index contributed by atoms with van der Waals surface area (Å²) in [5, 5.41) is -0.576. The maximum absolute atomic E-state index is 12.4. The van der Waals surface area contributed by atoms with Gasteiger partial charge < -0.3 is 5.73 Å². The minimum atomic E-state index is -4.61. The molecule has 8 heteroatoms. The molecule has 0 radical (unpaired) electrons. The van der Waals surface area contributed by atoms with E-state index in [2.05, 4.69) is 0 Å². The first-order valence-electron chi connectivity index (χ1n) is 5.19. The van der Waals surface area contributed by atoms with Crippen molar-refractivity contribution in [1.29, 1.82) is 0 Å². The minimum absolute atomic E-state index is 0.141. The second-order valence-electron chi connectivity index (χ2n) is 4.00. The van der Waals surface area contributed by atoms with E-state index < -0.39 is 41.8 Å². The molecule has 1 aromatic rings. The van der Waals surface area contributed by atoms with E-state index in [4.69, 9.17) is 17.3 Å². The van der Waals surface area contributed by atoms with Crippen molar-refractivity contribution in [1.82, 2.24) is 0 Å². The Bertz CT molecular complexity index is 440. The number of benzene rings is 1. The minimum Gasteiger partial charge on any atom is -0.324 e. The van der Waals surface area contributed by atoms with Gasteiger partial charge in [-0.1, -0.05) is 17.7 Å². The summed E-state index contributed by atoms with van der Waals surface area (Å²) in [5.41, 5.74) is 4.59. The molecule has 0 spiro atoms. The summed E-state index contributed by atoms with van der Waals surface area (Å²) in [5.74, 6) is 0. The van der Waals surface area contributed by atoms with E-state index in [1.54, 1.807) is 0 Å². The molecule has 0 bridgehead atoms. The molecule has 108 valence electrons. The predicted molar refractivity (Wildman–Crippen MR) is 58.7 cm³/mol. The topological polar surface area (TPSA) is 26.0 Å². The van der Waals surface area contributed by atoms with Crippen LogP contribution in [0.3, 0.4) is 0 Å². The Labute approximate surface area is 110 Å². The van der Waals surface area contributed by atoms with E-state index in [9.17, 15) is 26.3 Å². The van der Waals surface area contributed by atoms with Crippen LogP contribution in [0.5, 0.6) is 0 Å².